The molecule has 0 saturated heterocycles. The molecule has 1 nitrogen and oxygen atoms in total. The highest BCUT2D eigenvalue weighted by Crippen LogP contribution is 2.39. The number of hydrogen-bond acceptors (Lipinski definition) is 2. The van der Waals surface area contributed by atoms with Crippen LogP contribution in [0.15, 0.2) is 41.3 Å². The summed E-state index contributed by atoms with van der Waals surface area (Å²) >= 11 is 13.7. The van der Waals surface area contributed by atoms with Crippen LogP contribution in [0, 0.1) is 5.82 Å². The van der Waals surface area contributed by atoms with E-state index < -0.39 is 5.82 Å². The van der Waals surface area contributed by atoms with Gasteiger partial charge in [-0.2, -0.15) is 0 Å². The lowest BCUT2D eigenvalue weighted by molar-refractivity contribution is 0.623. The summed E-state index contributed by atoms with van der Waals surface area (Å²) in [4.78, 5) is 1.19. The van der Waals surface area contributed by atoms with Gasteiger partial charge in [-0.05, 0) is 42.3 Å². The Bertz CT molecular complexity index is 648. The zero-order valence-corrected chi connectivity index (χ0v) is 12.8. The van der Waals surface area contributed by atoms with Crippen LogP contribution in [0.1, 0.15) is 18.0 Å². The molecule has 3 rings (SSSR count). The van der Waals surface area contributed by atoms with Gasteiger partial charge in [0.15, 0.2) is 5.82 Å². The molecule has 5 heteroatoms. The lowest BCUT2D eigenvalue weighted by atomic mass is 10.0. The highest BCUT2D eigenvalue weighted by molar-refractivity contribution is 7.99. The SMILES string of the molecule is Fc1c(Cl)cccc1NC1CCSc2ccc(Cl)cc21. The fourth-order valence-electron chi connectivity index (χ4n) is 2.32. The van der Waals surface area contributed by atoms with E-state index in [-0.39, 0.29) is 11.1 Å². The fraction of sp³-hybridized carbons (Fsp3) is 0.200. The van der Waals surface area contributed by atoms with Gasteiger partial charge in [-0.15, -0.1) is 11.8 Å². The summed E-state index contributed by atoms with van der Waals surface area (Å²) in [6.45, 7) is 0. The summed E-state index contributed by atoms with van der Waals surface area (Å²) in [6.07, 6.45) is 0.921. The van der Waals surface area contributed by atoms with Crippen molar-refractivity contribution in [1.29, 1.82) is 0 Å². The van der Waals surface area contributed by atoms with E-state index in [1.807, 2.05) is 18.2 Å². The number of fused-ring (bicyclic) bond motifs is 1. The molecule has 104 valence electrons. The first-order valence-electron chi connectivity index (χ1n) is 6.28. The maximum Gasteiger partial charge on any atom is 0.164 e. The van der Waals surface area contributed by atoms with Crippen molar-refractivity contribution < 1.29 is 4.39 Å². The Morgan fingerprint density at radius 3 is 2.90 bits per heavy atom. The topological polar surface area (TPSA) is 12.0 Å². The van der Waals surface area contributed by atoms with Gasteiger partial charge in [0, 0.05) is 15.7 Å². The number of rotatable bonds is 2. The van der Waals surface area contributed by atoms with Gasteiger partial charge in [0.25, 0.3) is 0 Å². The van der Waals surface area contributed by atoms with Crippen LogP contribution < -0.4 is 5.32 Å². The van der Waals surface area contributed by atoms with E-state index in [4.69, 9.17) is 23.2 Å². The minimum Gasteiger partial charge on any atom is -0.376 e. The average molecular weight is 328 g/mol. The first-order valence-corrected chi connectivity index (χ1v) is 8.02. The molecule has 1 heterocycles. The van der Waals surface area contributed by atoms with Crippen molar-refractivity contribution in [2.24, 2.45) is 0 Å². The van der Waals surface area contributed by atoms with Crippen molar-refractivity contribution in [3.8, 4) is 0 Å². The van der Waals surface area contributed by atoms with Gasteiger partial charge in [0.2, 0.25) is 0 Å². The van der Waals surface area contributed by atoms with Crippen molar-refractivity contribution in [2.45, 2.75) is 17.4 Å². The number of anilines is 1. The van der Waals surface area contributed by atoms with E-state index in [2.05, 4.69) is 5.32 Å². The average Bonchev–Trinajstić information content (AvgIpc) is 2.44. The molecule has 1 N–H and O–H groups in total. The molecule has 0 radical (unpaired) electrons. The second-order valence-corrected chi connectivity index (χ2v) is 6.60. The molecule has 20 heavy (non-hydrogen) atoms. The number of halogens is 3. The summed E-state index contributed by atoms with van der Waals surface area (Å²) in [6, 6.07) is 10.9. The quantitative estimate of drug-likeness (QED) is 0.750. The minimum absolute atomic E-state index is 0.0536. The molecule has 1 atom stereocenters. The molecule has 0 bridgehead atoms. The van der Waals surface area contributed by atoms with Crippen LogP contribution in [-0.2, 0) is 0 Å². The van der Waals surface area contributed by atoms with E-state index in [0.29, 0.717) is 10.7 Å². The molecule has 0 aliphatic carbocycles. The van der Waals surface area contributed by atoms with E-state index in [9.17, 15) is 4.39 Å². The normalized spacial score (nSPS) is 17.6. The van der Waals surface area contributed by atoms with Gasteiger partial charge in [-0.1, -0.05) is 29.3 Å². The monoisotopic (exact) mass is 327 g/mol. The van der Waals surface area contributed by atoms with Gasteiger partial charge in [0.1, 0.15) is 0 Å². The van der Waals surface area contributed by atoms with Crippen molar-refractivity contribution >= 4 is 40.7 Å². The van der Waals surface area contributed by atoms with E-state index in [1.54, 1.807) is 30.0 Å². The van der Waals surface area contributed by atoms with Gasteiger partial charge in [-0.25, -0.2) is 4.39 Å². The van der Waals surface area contributed by atoms with Crippen LogP contribution >= 0.6 is 35.0 Å². The number of thioether (sulfide) groups is 1. The molecule has 0 amide bonds. The van der Waals surface area contributed by atoms with Gasteiger partial charge in [-0.3, -0.25) is 0 Å². The van der Waals surface area contributed by atoms with Crippen molar-refractivity contribution in [1.82, 2.24) is 0 Å². The fourth-order valence-corrected chi connectivity index (χ4v) is 3.78. The van der Waals surface area contributed by atoms with Crippen LogP contribution in [0.5, 0.6) is 0 Å². The Kier molecular flexibility index (Phi) is 4.11. The second kappa shape index (κ2) is 5.84. The molecule has 0 spiro atoms. The van der Waals surface area contributed by atoms with Gasteiger partial charge >= 0.3 is 0 Å². The second-order valence-electron chi connectivity index (χ2n) is 4.62. The molecular weight excluding hydrogens is 316 g/mol. The Morgan fingerprint density at radius 2 is 2.05 bits per heavy atom. The summed E-state index contributed by atoms with van der Waals surface area (Å²) in [5, 5.41) is 4.07. The Morgan fingerprint density at radius 1 is 1.20 bits per heavy atom. The van der Waals surface area contributed by atoms with E-state index in [0.717, 1.165) is 17.7 Å². The third-order valence-electron chi connectivity index (χ3n) is 3.29. The largest absolute Gasteiger partial charge is 0.376 e. The smallest absolute Gasteiger partial charge is 0.164 e. The minimum atomic E-state index is -0.407. The summed E-state index contributed by atoms with van der Waals surface area (Å²) in [5.74, 6) is 0.588. The molecule has 0 aromatic heterocycles. The lowest BCUT2D eigenvalue weighted by Gasteiger charge is -2.27. The number of benzene rings is 2. The Labute approximate surface area is 131 Å². The van der Waals surface area contributed by atoms with Crippen molar-refractivity contribution in [2.75, 3.05) is 11.1 Å². The van der Waals surface area contributed by atoms with Crippen LogP contribution in [0.4, 0.5) is 10.1 Å². The Balaban J connectivity index is 1.93. The van der Waals surface area contributed by atoms with Crippen LogP contribution in [0.25, 0.3) is 0 Å². The van der Waals surface area contributed by atoms with Gasteiger partial charge < -0.3 is 5.32 Å². The predicted molar refractivity (Wildman–Crippen MR) is 84.6 cm³/mol. The van der Waals surface area contributed by atoms with Crippen molar-refractivity contribution in [3.63, 3.8) is 0 Å². The van der Waals surface area contributed by atoms with Crippen LogP contribution in [0.2, 0.25) is 10.0 Å². The molecule has 0 fully saturated rings. The van der Waals surface area contributed by atoms with Crippen molar-refractivity contribution in [3.05, 3.63) is 57.8 Å². The number of nitrogens with one attached hydrogen (secondary N) is 1. The van der Waals surface area contributed by atoms with E-state index in [1.165, 1.54) is 4.90 Å². The number of hydrogen-bond donors (Lipinski definition) is 1. The first-order chi connectivity index (χ1) is 9.65. The zero-order valence-electron chi connectivity index (χ0n) is 10.5. The highest BCUT2D eigenvalue weighted by atomic mass is 35.5. The van der Waals surface area contributed by atoms with Gasteiger partial charge in [0.05, 0.1) is 16.8 Å². The van der Waals surface area contributed by atoms with Crippen LogP contribution in [0.3, 0.4) is 0 Å². The van der Waals surface area contributed by atoms with Crippen LogP contribution in [-0.4, -0.2) is 5.75 Å². The third-order valence-corrected chi connectivity index (χ3v) is 4.94. The lowest BCUT2D eigenvalue weighted by Crippen LogP contribution is -2.16. The zero-order chi connectivity index (χ0) is 14.1. The molecule has 1 unspecified atom stereocenters. The Hall–Kier alpha value is -0.900. The third kappa shape index (κ3) is 2.76. The molecule has 2 aromatic carbocycles. The standard InChI is InChI=1S/C15H12Cl2FNS/c16-9-4-5-14-10(8-9)12(6-7-20-14)19-13-3-1-2-11(17)15(13)18/h1-5,8,12,19H,6-7H2. The maximum atomic E-state index is 14.0. The molecule has 0 saturated carbocycles. The predicted octanol–water partition coefficient (Wildman–Crippen LogP) is 5.78. The molecule has 2 aromatic rings. The summed E-state index contributed by atoms with van der Waals surface area (Å²) < 4.78 is 14.0. The summed E-state index contributed by atoms with van der Waals surface area (Å²) in [5.41, 5.74) is 1.55. The highest BCUT2D eigenvalue weighted by Gasteiger charge is 2.22. The summed E-state index contributed by atoms with van der Waals surface area (Å²) in [7, 11) is 0. The molecule has 1 aliphatic rings. The molecular formula is C15H12Cl2FNS. The maximum absolute atomic E-state index is 14.0. The van der Waals surface area contributed by atoms with E-state index >= 15 is 0 Å². The molecule has 1 aliphatic heterocycles. The first kappa shape index (κ1) is 14.1.